The average molecular weight is 375 g/mol. The third kappa shape index (κ3) is 17.6. The maximum atomic E-state index is 10.6. The summed E-state index contributed by atoms with van der Waals surface area (Å²) in [5.41, 5.74) is 0. The third-order valence-electron chi connectivity index (χ3n) is 3.58. The number of unbranched alkanes of at least 4 members (excludes halogenated alkanes) is 11. The van der Waals surface area contributed by atoms with Crippen LogP contribution < -0.4 is 0 Å². The Bertz CT molecular complexity index is 213. The van der Waals surface area contributed by atoms with E-state index in [1.165, 1.54) is 70.6 Å². The van der Waals surface area contributed by atoms with Gasteiger partial charge in [-0.1, -0.05) is 99.9 Å². The maximum absolute atomic E-state index is 10.6. The molecule has 0 radical (unpaired) electrons. The second-order valence-corrected chi connectivity index (χ2v) is 6.59. The van der Waals surface area contributed by atoms with Crippen molar-refractivity contribution in [1.82, 2.24) is 0 Å². The first-order valence-electron chi connectivity index (χ1n) is 8.05. The average Bonchev–Trinajstić information content (AvgIpc) is 2.39. The Kier molecular flexibility index (Phi) is 22.2. The topological polar surface area (TPSA) is 37.3 Å². The van der Waals surface area contributed by atoms with Crippen molar-refractivity contribution in [2.75, 3.05) is 0 Å². The van der Waals surface area contributed by atoms with Gasteiger partial charge in [-0.05, 0) is 6.42 Å². The first-order valence-corrected chi connectivity index (χ1v) is 8.97. The Morgan fingerprint density at radius 3 is 1.55 bits per heavy atom. The van der Waals surface area contributed by atoms with Crippen LogP contribution in [-0.4, -0.2) is 67.3 Å². The molecule has 0 saturated carbocycles. The van der Waals surface area contributed by atoms with Crippen LogP contribution in [0.3, 0.4) is 0 Å². The molecule has 4 heteroatoms. The predicted molar refractivity (Wildman–Crippen MR) is 93.2 cm³/mol. The van der Waals surface area contributed by atoms with Crippen molar-refractivity contribution >= 4 is 73.3 Å². The summed E-state index contributed by atoms with van der Waals surface area (Å²) in [5.74, 6) is -0.733. The van der Waals surface area contributed by atoms with Gasteiger partial charge in [0.05, 0.1) is 0 Å². The van der Waals surface area contributed by atoms with Gasteiger partial charge in [0, 0.05) is 0 Å². The molecule has 0 spiro atoms. The van der Waals surface area contributed by atoms with Crippen LogP contribution >= 0.6 is 15.9 Å². The van der Waals surface area contributed by atoms with Crippen LogP contribution in [0.15, 0.2) is 0 Å². The number of aliphatic carboxylic acids is 1. The van der Waals surface area contributed by atoms with Crippen molar-refractivity contribution in [3.8, 4) is 0 Å². The number of carbonyl (C=O) groups is 1. The van der Waals surface area contributed by atoms with E-state index in [2.05, 4.69) is 22.9 Å². The first kappa shape index (κ1) is 23.8. The van der Waals surface area contributed by atoms with Crippen LogP contribution in [0.1, 0.15) is 90.4 Å². The zero-order chi connectivity index (χ0) is 14.3. The third-order valence-corrected chi connectivity index (χ3v) is 4.43. The predicted octanol–water partition coefficient (Wildman–Crippen LogP) is 5.28. The summed E-state index contributed by atoms with van der Waals surface area (Å²) in [4.78, 5) is 10.2. The zero-order valence-electron chi connectivity index (χ0n) is 12.5. The molecular weight excluding hydrogens is 343 g/mol. The summed E-state index contributed by atoms with van der Waals surface area (Å²) in [6, 6.07) is 0. The molecular formula is C16H32BrKO2. The number of alkyl halides is 1. The Morgan fingerprint density at radius 1 is 0.850 bits per heavy atom. The molecule has 0 aromatic carbocycles. The van der Waals surface area contributed by atoms with Gasteiger partial charge < -0.3 is 5.11 Å². The Hall–Kier alpha value is 1.59. The van der Waals surface area contributed by atoms with Crippen LogP contribution in [0.5, 0.6) is 0 Å². The minimum atomic E-state index is -0.733. The van der Waals surface area contributed by atoms with E-state index in [4.69, 9.17) is 5.11 Å². The fourth-order valence-electron chi connectivity index (χ4n) is 2.29. The minimum absolute atomic E-state index is 0. The van der Waals surface area contributed by atoms with Crippen LogP contribution in [0.25, 0.3) is 0 Å². The molecule has 0 aromatic heterocycles. The molecule has 0 aliphatic rings. The van der Waals surface area contributed by atoms with Gasteiger partial charge in [0.15, 0.2) is 0 Å². The number of rotatable bonds is 14. The van der Waals surface area contributed by atoms with Crippen LogP contribution in [-0.2, 0) is 4.79 Å². The molecule has 116 valence electrons. The molecule has 0 aliphatic heterocycles. The van der Waals surface area contributed by atoms with Gasteiger partial charge in [-0.25, -0.2) is 0 Å². The molecule has 20 heavy (non-hydrogen) atoms. The number of halogens is 1. The molecule has 2 nitrogen and oxygen atoms in total. The summed E-state index contributed by atoms with van der Waals surface area (Å²) in [6.45, 7) is 2.26. The van der Waals surface area contributed by atoms with Gasteiger partial charge in [0.2, 0.25) is 0 Å². The fourth-order valence-corrected chi connectivity index (χ4v) is 2.61. The molecule has 0 rings (SSSR count). The fraction of sp³-hybridized carbons (Fsp3) is 0.938. The van der Waals surface area contributed by atoms with Crippen molar-refractivity contribution in [2.45, 2.75) is 95.2 Å². The Labute approximate surface area is 176 Å². The van der Waals surface area contributed by atoms with E-state index in [0.29, 0.717) is 0 Å². The van der Waals surface area contributed by atoms with Crippen LogP contribution in [0.4, 0.5) is 0 Å². The molecule has 0 fully saturated rings. The summed E-state index contributed by atoms with van der Waals surface area (Å²) < 4.78 is 0. The number of carboxylic acids is 1. The molecule has 1 N–H and O–H groups in total. The second-order valence-electron chi connectivity index (χ2n) is 5.48. The molecule has 1 unspecified atom stereocenters. The molecule has 0 bridgehead atoms. The van der Waals surface area contributed by atoms with Gasteiger partial charge in [0.25, 0.3) is 0 Å². The van der Waals surface area contributed by atoms with Crippen molar-refractivity contribution in [1.29, 1.82) is 0 Å². The van der Waals surface area contributed by atoms with E-state index in [1.807, 2.05) is 0 Å². The van der Waals surface area contributed by atoms with Crippen molar-refractivity contribution in [3.63, 3.8) is 0 Å². The molecule has 0 heterocycles. The van der Waals surface area contributed by atoms with E-state index < -0.39 is 5.97 Å². The Morgan fingerprint density at radius 2 is 1.20 bits per heavy atom. The van der Waals surface area contributed by atoms with Gasteiger partial charge in [-0.3, -0.25) is 4.79 Å². The van der Waals surface area contributed by atoms with Crippen LogP contribution in [0.2, 0.25) is 0 Å². The molecule has 0 saturated heterocycles. The van der Waals surface area contributed by atoms with Crippen LogP contribution in [0, 0.1) is 0 Å². The van der Waals surface area contributed by atoms with Gasteiger partial charge in [-0.2, -0.15) is 0 Å². The zero-order valence-corrected chi connectivity index (χ0v) is 14.1. The summed E-state index contributed by atoms with van der Waals surface area (Å²) in [5, 5.41) is 8.71. The summed E-state index contributed by atoms with van der Waals surface area (Å²) in [7, 11) is 0. The van der Waals surface area contributed by atoms with E-state index in [9.17, 15) is 4.79 Å². The molecule has 0 aliphatic carbocycles. The summed E-state index contributed by atoms with van der Waals surface area (Å²) in [6.07, 6.45) is 16.6. The van der Waals surface area contributed by atoms with Gasteiger partial charge in [-0.15, -0.1) is 0 Å². The number of carboxylic acid groups (broad SMARTS) is 1. The van der Waals surface area contributed by atoms with E-state index in [-0.39, 0.29) is 56.2 Å². The first-order chi connectivity index (χ1) is 9.18. The number of hydrogen-bond donors (Lipinski definition) is 1. The monoisotopic (exact) mass is 374 g/mol. The standard InChI is InChI=1S/C16H31BrO2.K.H/c1-2-3-4-5-6-7-8-9-10-11-12-13-14-15(17)16(18)19;;/h15H,2-14H2,1H3,(H,18,19);;. The Balaban J connectivity index is 0. The van der Waals surface area contributed by atoms with E-state index in [1.54, 1.807) is 0 Å². The summed E-state index contributed by atoms with van der Waals surface area (Å²) >= 11 is 3.17. The van der Waals surface area contributed by atoms with E-state index in [0.717, 1.165) is 12.8 Å². The van der Waals surface area contributed by atoms with Crippen molar-refractivity contribution in [2.24, 2.45) is 0 Å². The van der Waals surface area contributed by atoms with E-state index >= 15 is 0 Å². The van der Waals surface area contributed by atoms with Crippen molar-refractivity contribution in [3.05, 3.63) is 0 Å². The number of hydrogen-bond acceptors (Lipinski definition) is 1. The van der Waals surface area contributed by atoms with Gasteiger partial charge >= 0.3 is 57.4 Å². The second kappa shape index (κ2) is 18.6. The molecule has 0 amide bonds. The SMILES string of the molecule is CCCCCCCCCCCCCCC(Br)C(=O)O.[KH]. The molecule has 1 atom stereocenters. The molecule has 0 aromatic rings. The normalized spacial score (nSPS) is 11.9. The van der Waals surface area contributed by atoms with Gasteiger partial charge in [0.1, 0.15) is 4.83 Å². The van der Waals surface area contributed by atoms with Crippen molar-refractivity contribution < 1.29 is 9.90 Å². The quantitative estimate of drug-likeness (QED) is 0.255.